The summed E-state index contributed by atoms with van der Waals surface area (Å²) in [5, 5.41) is 11.4. The van der Waals surface area contributed by atoms with Crippen molar-refractivity contribution < 1.29 is 19.5 Å². The average Bonchev–Trinajstić information content (AvgIpc) is 2.52. The average molecular weight is 334 g/mol. The van der Waals surface area contributed by atoms with Gasteiger partial charge in [0.15, 0.2) is 5.78 Å². The molecule has 2 atom stereocenters. The van der Waals surface area contributed by atoms with E-state index in [1.165, 1.54) is 0 Å². The van der Waals surface area contributed by atoms with Crippen LogP contribution in [0.25, 0.3) is 0 Å². The van der Waals surface area contributed by atoms with Crippen molar-refractivity contribution in [1.29, 1.82) is 0 Å². The van der Waals surface area contributed by atoms with Gasteiger partial charge in [0.05, 0.1) is 18.5 Å². The number of amides is 1. The number of ketones is 1. The summed E-state index contributed by atoms with van der Waals surface area (Å²) in [7, 11) is 0. The Morgan fingerprint density at radius 2 is 1.75 bits per heavy atom. The summed E-state index contributed by atoms with van der Waals surface area (Å²) >= 11 is 0. The van der Waals surface area contributed by atoms with Gasteiger partial charge in [-0.15, -0.1) is 0 Å². The first kappa shape index (κ1) is 19.8. The fourth-order valence-electron chi connectivity index (χ4n) is 2.39. The molecule has 24 heavy (non-hydrogen) atoms. The highest BCUT2D eigenvalue weighted by molar-refractivity contribution is 5.92. The van der Waals surface area contributed by atoms with Crippen molar-refractivity contribution in [3.8, 4) is 0 Å². The van der Waals surface area contributed by atoms with Gasteiger partial charge in [0.1, 0.15) is 0 Å². The highest BCUT2D eigenvalue weighted by Gasteiger charge is 2.24. The molecule has 0 fully saturated rings. The maximum absolute atomic E-state index is 12.3. The quantitative estimate of drug-likeness (QED) is 0.601. The van der Waals surface area contributed by atoms with E-state index in [1.54, 1.807) is 0 Å². The topological polar surface area (TPSA) is 109 Å². The Balaban J connectivity index is 2.65. The second kappa shape index (κ2) is 9.82. The number of carbonyl (C=O) groups excluding carboxylic acids is 2. The van der Waals surface area contributed by atoms with E-state index < -0.39 is 24.0 Å². The summed E-state index contributed by atoms with van der Waals surface area (Å²) in [6.45, 7) is 3.88. The van der Waals surface area contributed by atoms with E-state index in [4.69, 9.17) is 10.8 Å². The minimum atomic E-state index is -1.03. The number of aliphatic carboxylic acids is 1. The molecule has 0 aliphatic heterocycles. The van der Waals surface area contributed by atoms with Crippen LogP contribution in [0.5, 0.6) is 0 Å². The molecule has 0 unspecified atom stereocenters. The van der Waals surface area contributed by atoms with Crippen molar-refractivity contribution in [2.75, 3.05) is 0 Å². The standard InChI is InChI=1S/C18H26N2O4/c1-12(2)10-15(16(21)8-9-17(22)23)20-18(24)14(19)11-13-6-4-3-5-7-13/h3-7,12,14-15H,8-11,19H2,1-2H3,(H,20,24)(H,22,23)/t14-,15-/m0/s1. The van der Waals surface area contributed by atoms with Crippen LogP contribution in [-0.2, 0) is 20.8 Å². The monoisotopic (exact) mass is 334 g/mol. The lowest BCUT2D eigenvalue weighted by Gasteiger charge is -2.21. The van der Waals surface area contributed by atoms with Crippen molar-refractivity contribution in [2.45, 2.75) is 51.6 Å². The number of rotatable bonds is 10. The highest BCUT2D eigenvalue weighted by Crippen LogP contribution is 2.10. The van der Waals surface area contributed by atoms with Crippen LogP contribution in [0, 0.1) is 5.92 Å². The number of hydrogen-bond acceptors (Lipinski definition) is 4. The van der Waals surface area contributed by atoms with Gasteiger partial charge < -0.3 is 16.2 Å². The second-order valence-electron chi connectivity index (χ2n) is 6.35. The SMILES string of the molecule is CC(C)C[C@H](NC(=O)[C@@H](N)Cc1ccccc1)C(=O)CCC(=O)O. The fraction of sp³-hybridized carbons (Fsp3) is 0.500. The lowest BCUT2D eigenvalue weighted by molar-refractivity contribution is -0.139. The molecule has 6 heteroatoms. The smallest absolute Gasteiger partial charge is 0.303 e. The number of carboxylic acids is 1. The first-order chi connectivity index (χ1) is 11.3. The molecule has 1 amide bonds. The van der Waals surface area contributed by atoms with Gasteiger partial charge in [-0.05, 0) is 24.3 Å². The largest absolute Gasteiger partial charge is 0.481 e. The Hall–Kier alpha value is -2.21. The number of hydrogen-bond donors (Lipinski definition) is 3. The van der Waals surface area contributed by atoms with Crippen LogP contribution in [0.2, 0.25) is 0 Å². The number of carboxylic acid groups (broad SMARTS) is 1. The van der Waals surface area contributed by atoms with Crippen LogP contribution in [0.3, 0.4) is 0 Å². The molecule has 0 spiro atoms. The van der Waals surface area contributed by atoms with E-state index in [2.05, 4.69) is 5.32 Å². The van der Waals surface area contributed by atoms with Gasteiger partial charge in [0.25, 0.3) is 0 Å². The van der Waals surface area contributed by atoms with Gasteiger partial charge in [-0.2, -0.15) is 0 Å². The zero-order chi connectivity index (χ0) is 18.1. The summed E-state index contributed by atoms with van der Waals surface area (Å²) in [4.78, 5) is 35.1. The Morgan fingerprint density at radius 1 is 1.12 bits per heavy atom. The number of Topliss-reactive ketones (excluding diaryl/α,β-unsaturated/α-hetero) is 1. The van der Waals surface area contributed by atoms with Crippen molar-refractivity contribution in [3.05, 3.63) is 35.9 Å². The zero-order valence-corrected chi connectivity index (χ0v) is 14.2. The van der Waals surface area contributed by atoms with Gasteiger partial charge in [0.2, 0.25) is 5.91 Å². The van der Waals surface area contributed by atoms with Crippen LogP contribution in [0.1, 0.15) is 38.7 Å². The Bertz CT molecular complexity index is 557. The predicted octanol–water partition coefficient (Wildman–Crippen LogP) is 1.52. The van der Waals surface area contributed by atoms with E-state index in [0.717, 1.165) is 5.56 Å². The molecule has 6 nitrogen and oxygen atoms in total. The Labute approximate surface area is 142 Å². The molecule has 1 aromatic carbocycles. The van der Waals surface area contributed by atoms with Gasteiger partial charge >= 0.3 is 5.97 Å². The summed E-state index contributed by atoms with van der Waals surface area (Å²) in [5.74, 6) is -1.51. The highest BCUT2D eigenvalue weighted by atomic mass is 16.4. The minimum absolute atomic E-state index is 0.0963. The third kappa shape index (κ3) is 7.37. The normalized spacial score (nSPS) is 13.3. The lowest BCUT2D eigenvalue weighted by Crippen LogP contribution is -2.49. The van der Waals surface area contributed by atoms with Crippen molar-refractivity contribution in [3.63, 3.8) is 0 Å². The molecular formula is C18H26N2O4. The van der Waals surface area contributed by atoms with Gasteiger partial charge in [-0.3, -0.25) is 14.4 Å². The summed E-state index contributed by atoms with van der Waals surface area (Å²) in [5.41, 5.74) is 6.88. The van der Waals surface area contributed by atoms with Crippen molar-refractivity contribution >= 4 is 17.7 Å². The Kier molecular flexibility index (Phi) is 8.12. The maximum Gasteiger partial charge on any atom is 0.303 e. The van der Waals surface area contributed by atoms with E-state index in [0.29, 0.717) is 12.8 Å². The number of nitrogens with two attached hydrogens (primary N) is 1. The molecule has 0 aromatic heterocycles. The molecule has 1 aromatic rings. The van der Waals surface area contributed by atoms with E-state index in [9.17, 15) is 14.4 Å². The molecule has 0 bridgehead atoms. The van der Waals surface area contributed by atoms with E-state index in [1.807, 2.05) is 44.2 Å². The number of nitrogens with one attached hydrogen (secondary N) is 1. The number of benzene rings is 1. The zero-order valence-electron chi connectivity index (χ0n) is 14.2. The first-order valence-corrected chi connectivity index (χ1v) is 8.14. The van der Waals surface area contributed by atoms with Crippen LogP contribution >= 0.6 is 0 Å². The molecule has 0 radical (unpaired) electrons. The van der Waals surface area contributed by atoms with Crippen LogP contribution in [0.15, 0.2) is 30.3 Å². The van der Waals surface area contributed by atoms with Crippen molar-refractivity contribution in [2.24, 2.45) is 11.7 Å². The molecular weight excluding hydrogens is 308 g/mol. The van der Waals surface area contributed by atoms with Gasteiger partial charge in [-0.25, -0.2) is 0 Å². The third-order valence-corrected chi connectivity index (χ3v) is 3.63. The molecule has 0 heterocycles. The van der Waals surface area contributed by atoms with Crippen LogP contribution in [0.4, 0.5) is 0 Å². The number of carbonyl (C=O) groups is 3. The third-order valence-electron chi connectivity index (χ3n) is 3.63. The predicted molar refractivity (Wildman–Crippen MR) is 91.4 cm³/mol. The van der Waals surface area contributed by atoms with Gasteiger partial charge in [-0.1, -0.05) is 44.2 Å². The summed E-state index contributed by atoms with van der Waals surface area (Å²) in [6.07, 6.45) is 0.507. The molecule has 0 aliphatic rings. The van der Waals surface area contributed by atoms with E-state index >= 15 is 0 Å². The summed E-state index contributed by atoms with van der Waals surface area (Å²) < 4.78 is 0. The molecule has 0 aliphatic carbocycles. The second-order valence-corrected chi connectivity index (χ2v) is 6.35. The van der Waals surface area contributed by atoms with E-state index in [-0.39, 0.29) is 24.5 Å². The molecule has 0 saturated heterocycles. The lowest BCUT2D eigenvalue weighted by atomic mass is 9.97. The van der Waals surface area contributed by atoms with Gasteiger partial charge in [0, 0.05) is 6.42 Å². The molecule has 0 saturated carbocycles. The summed E-state index contributed by atoms with van der Waals surface area (Å²) in [6, 6.07) is 7.95. The Morgan fingerprint density at radius 3 is 2.29 bits per heavy atom. The van der Waals surface area contributed by atoms with Crippen LogP contribution in [-0.4, -0.2) is 34.8 Å². The molecule has 1 rings (SSSR count). The maximum atomic E-state index is 12.3. The molecule has 4 N–H and O–H groups in total. The first-order valence-electron chi connectivity index (χ1n) is 8.14. The fourth-order valence-corrected chi connectivity index (χ4v) is 2.39. The minimum Gasteiger partial charge on any atom is -0.481 e. The van der Waals surface area contributed by atoms with Crippen molar-refractivity contribution in [1.82, 2.24) is 5.32 Å². The van der Waals surface area contributed by atoms with Crippen LogP contribution < -0.4 is 11.1 Å². The molecule has 132 valence electrons.